The van der Waals surface area contributed by atoms with Crippen molar-refractivity contribution in [3.05, 3.63) is 12.3 Å². The molecule has 0 saturated carbocycles. The average Bonchev–Trinajstić information content (AvgIpc) is 2.52. The van der Waals surface area contributed by atoms with Crippen molar-refractivity contribution < 1.29 is 14.1 Å². The Morgan fingerprint density at radius 2 is 2.36 bits per heavy atom. The lowest BCUT2D eigenvalue weighted by molar-refractivity contribution is -0.125. The van der Waals surface area contributed by atoms with E-state index in [1.165, 1.54) is 6.26 Å². The molecule has 5 heteroatoms. The van der Waals surface area contributed by atoms with Crippen molar-refractivity contribution in [3.8, 4) is 0 Å². The minimum Gasteiger partial charge on any atom is -0.366 e. The van der Waals surface area contributed by atoms with Gasteiger partial charge >= 0.3 is 0 Å². The Morgan fingerprint density at radius 1 is 1.64 bits per heavy atom. The molecule has 0 aliphatic rings. The molecule has 1 aromatic rings. The number of carbonyl (C=O) groups is 1. The van der Waals surface area contributed by atoms with Crippen molar-refractivity contribution in [2.75, 3.05) is 11.9 Å². The van der Waals surface area contributed by atoms with Gasteiger partial charge in [-0.15, -0.1) is 0 Å². The molecule has 1 rings (SSSR count). The molecule has 78 valence electrons. The van der Waals surface area contributed by atoms with Crippen LogP contribution in [0.3, 0.4) is 0 Å². The lowest BCUT2D eigenvalue weighted by Crippen LogP contribution is -2.27. The van der Waals surface area contributed by atoms with E-state index in [4.69, 9.17) is 4.74 Å². The Balaban J connectivity index is 2.30. The molecule has 14 heavy (non-hydrogen) atoms. The van der Waals surface area contributed by atoms with Crippen LogP contribution in [0.25, 0.3) is 0 Å². The molecule has 0 radical (unpaired) electrons. The summed E-state index contributed by atoms with van der Waals surface area (Å²) < 4.78 is 9.82. The van der Waals surface area contributed by atoms with Gasteiger partial charge in [-0.25, -0.2) is 0 Å². The zero-order chi connectivity index (χ0) is 10.6. The Labute approximate surface area is 82.4 Å². The van der Waals surface area contributed by atoms with Crippen molar-refractivity contribution >= 4 is 11.7 Å². The van der Waals surface area contributed by atoms with Gasteiger partial charge in [-0.05, 0) is 20.8 Å². The smallest absolute Gasteiger partial charge is 0.251 e. The first-order chi connectivity index (χ1) is 6.47. The number of nitrogens with one attached hydrogen (secondary N) is 1. The van der Waals surface area contributed by atoms with Crippen LogP contribution in [0.15, 0.2) is 16.9 Å². The lowest BCUT2D eigenvalue weighted by atomic mass is 10.2. The summed E-state index contributed by atoms with van der Waals surface area (Å²) in [7, 11) is 0. The SMILES string of the molecule is CC(C)(C)OCC(=O)Nc1ccon1. The van der Waals surface area contributed by atoms with Gasteiger partial charge in [0.1, 0.15) is 12.9 Å². The molecule has 5 nitrogen and oxygen atoms in total. The maximum Gasteiger partial charge on any atom is 0.251 e. The second-order valence-electron chi connectivity index (χ2n) is 3.83. The fourth-order valence-electron chi connectivity index (χ4n) is 0.738. The molecule has 0 unspecified atom stereocenters. The van der Waals surface area contributed by atoms with E-state index in [-0.39, 0.29) is 18.1 Å². The van der Waals surface area contributed by atoms with E-state index in [1.807, 2.05) is 20.8 Å². The molecule has 1 heterocycles. The summed E-state index contributed by atoms with van der Waals surface area (Å²) in [6, 6.07) is 1.56. The molecule has 0 aromatic carbocycles. The van der Waals surface area contributed by atoms with E-state index in [1.54, 1.807) is 6.07 Å². The minimum absolute atomic E-state index is 0.0103. The van der Waals surface area contributed by atoms with Gasteiger partial charge in [-0.3, -0.25) is 4.79 Å². The number of anilines is 1. The zero-order valence-electron chi connectivity index (χ0n) is 8.53. The normalized spacial score (nSPS) is 11.4. The van der Waals surface area contributed by atoms with E-state index in [2.05, 4.69) is 15.0 Å². The van der Waals surface area contributed by atoms with Crippen LogP contribution in [-0.4, -0.2) is 23.3 Å². The summed E-state index contributed by atoms with van der Waals surface area (Å²) in [6.45, 7) is 5.67. The van der Waals surface area contributed by atoms with Gasteiger partial charge in [0, 0.05) is 6.07 Å². The van der Waals surface area contributed by atoms with Crippen LogP contribution >= 0.6 is 0 Å². The predicted molar refractivity (Wildman–Crippen MR) is 50.8 cm³/mol. The van der Waals surface area contributed by atoms with Gasteiger partial charge in [0.15, 0.2) is 5.82 Å². The van der Waals surface area contributed by atoms with E-state index in [9.17, 15) is 4.79 Å². The molecule has 1 aromatic heterocycles. The third kappa shape index (κ3) is 4.04. The van der Waals surface area contributed by atoms with Crippen LogP contribution in [0.2, 0.25) is 0 Å². The van der Waals surface area contributed by atoms with Gasteiger partial charge in [0.05, 0.1) is 5.60 Å². The van der Waals surface area contributed by atoms with Crippen LogP contribution in [0.5, 0.6) is 0 Å². The number of rotatable bonds is 3. The molecule has 0 saturated heterocycles. The Morgan fingerprint density at radius 3 is 2.86 bits per heavy atom. The molecule has 1 N–H and O–H groups in total. The topological polar surface area (TPSA) is 64.4 Å². The van der Waals surface area contributed by atoms with Crippen molar-refractivity contribution in [1.29, 1.82) is 0 Å². The van der Waals surface area contributed by atoms with Crippen molar-refractivity contribution in [3.63, 3.8) is 0 Å². The van der Waals surface area contributed by atoms with Gasteiger partial charge in [0.2, 0.25) is 0 Å². The molecule has 0 aliphatic heterocycles. The summed E-state index contributed by atoms with van der Waals surface area (Å²) >= 11 is 0. The number of ether oxygens (including phenoxy) is 1. The maximum atomic E-state index is 11.2. The van der Waals surface area contributed by atoms with Crippen LogP contribution in [0.4, 0.5) is 5.82 Å². The summed E-state index contributed by atoms with van der Waals surface area (Å²) in [5.74, 6) is 0.154. The number of hydrogen-bond donors (Lipinski definition) is 1. The number of amides is 1. The second kappa shape index (κ2) is 4.23. The third-order valence-corrected chi connectivity index (χ3v) is 1.34. The highest BCUT2D eigenvalue weighted by atomic mass is 16.5. The fourth-order valence-corrected chi connectivity index (χ4v) is 0.738. The highest BCUT2D eigenvalue weighted by Gasteiger charge is 2.13. The molecular formula is C9H14N2O3. The molecule has 0 bridgehead atoms. The molecule has 0 spiro atoms. The van der Waals surface area contributed by atoms with Gasteiger partial charge in [-0.1, -0.05) is 5.16 Å². The molecule has 0 fully saturated rings. The Hall–Kier alpha value is -1.36. The van der Waals surface area contributed by atoms with Crippen molar-refractivity contribution in [1.82, 2.24) is 5.16 Å². The quantitative estimate of drug-likeness (QED) is 0.797. The number of nitrogens with zero attached hydrogens (tertiary/aromatic N) is 1. The summed E-state index contributed by atoms with van der Waals surface area (Å²) in [6.07, 6.45) is 1.39. The van der Waals surface area contributed by atoms with Gasteiger partial charge < -0.3 is 14.6 Å². The predicted octanol–water partition coefficient (Wildman–Crippen LogP) is 1.43. The molecule has 0 atom stereocenters. The lowest BCUT2D eigenvalue weighted by Gasteiger charge is -2.18. The zero-order valence-corrected chi connectivity index (χ0v) is 8.53. The van der Waals surface area contributed by atoms with Crippen LogP contribution in [-0.2, 0) is 9.53 Å². The van der Waals surface area contributed by atoms with E-state index >= 15 is 0 Å². The first-order valence-corrected chi connectivity index (χ1v) is 4.31. The van der Waals surface area contributed by atoms with Crippen LogP contribution in [0.1, 0.15) is 20.8 Å². The number of carbonyl (C=O) groups excluding carboxylic acids is 1. The summed E-state index contributed by atoms with van der Waals surface area (Å²) in [5.41, 5.74) is -0.318. The van der Waals surface area contributed by atoms with Crippen molar-refractivity contribution in [2.24, 2.45) is 0 Å². The van der Waals surface area contributed by atoms with Gasteiger partial charge in [-0.2, -0.15) is 0 Å². The fraction of sp³-hybridized carbons (Fsp3) is 0.556. The largest absolute Gasteiger partial charge is 0.366 e. The first-order valence-electron chi connectivity index (χ1n) is 4.31. The highest BCUT2D eigenvalue weighted by Crippen LogP contribution is 2.07. The number of aromatic nitrogens is 1. The number of hydrogen-bond acceptors (Lipinski definition) is 4. The molecule has 1 amide bonds. The Bertz CT molecular complexity index is 288. The van der Waals surface area contributed by atoms with E-state index in [0.29, 0.717) is 5.82 Å². The van der Waals surface area contributed by atoms with E-state index < -0.39 is 0 Å². The highest BCUT2D eigenvalue weighted by molar-refractivity contribution is 5.90. The molecule has 0 aliphatic carbocycles. The van der Waals surface area contributed by atoms with Crippen molar-refractivity contribution in [2.45, 2.75) is 26.4 Å². The third-order valence-electron chi connectivity index (χ3n) is 1.34. The van der Waals surface area contributed by atoms with Crippen LogP contribution in [0, 0.1) is 0 Å². The Kier molecular flexibility index (Phi) is 3.24. The average molecular weight is 198 g/mol. The summed E-state index contributed by atoms with van der Waals surface area (Å²) in [4.78, 5) is 11.2. The monoisotopic (exact) mass is 198 g/mol. The minimum atomic E-state index is -0.318. The molecular weight excluding hydrogens is 184 g/mol. The van der Waals surface area contributed by atoms with Crippen LogP contribution < -0.4 is 5.32 Å². The maximum absolute atomic E-state index is 11.2. The first kappa shape index (κ1) is 10.7. The summed E-state index contributed by atoms with van der Waals surface area (Å²) in [5, 5.41) is 6.06. The van der Waals surface area contributed by atoms with Gasteiger partial charge in [0.25, 0.3) is 5.91 Å². The second-order valence-corrected chi connectivity index (χ2v) is 3.83. The van der Waals surface area contributed by atoms with E-state index in [0.717, 1.165) is 0 Å². The standard InChI is InChI=1S/C9H14N2O3/c1-9(2,3)13-6-8(12)10-7-4-5-14-11-7/h4-5H,6H2,1-3H3,(H,10,11,12).